The van der Waals surface area contributed by atoms with Crippen LogP contribution < -0.4 is 10.1 Å². The molecule has 3 nitrogen and oxygen atoms in total. The van der Waals surface area contributed by atoms with Gasteiger partial charge < -0.3 is 10.1 Å². The molecule has 1 amide bonds. The topological polar surface area (TPSA) is 38.3 Å². The Labute approximate surface area is 135 Å². The number of halogens is 3. The lowest BCUT2D eigenvalue weighted by Gasteiger charge is -2.09. The predicted molar refractivity (Wildman–Crippen MR) is 85.1 cm³/mol. The molecule has 20 heavy (non-hydrogen) atoms. The maximum absolute atomic E-state index is 12.1. The third kappa shape index (κ3) is 3.66. The van der Waals surface area contributed by atoms with Gasteiger partial charge in [-0.05, 0) is 30.3 Å². The van der Waals surface area contributed by atoms with Crippen molar-refractivity contribution in [2.24, 2.45) is 0 Å². The van der Waals surface area contributed by atoms with E-state index in [1.807, 2.05) is 0 Å². The van der Waals surface area contributed by atoms with E-state index in [4.69, 9.17) is 27.9 Å². The minimum Gasteiger partial charge on any atom is -0.495 e. The first kappa shape index (κ1) is 15.2. The van der Waals surface area contributed by atoms with Gasteiger partial charge in [-0.3, -0.25) is 4.79 Å². The molecule has 0 aliphatic rings. The number of benzene rings is 2. The van der Waals surface area contributed by atoms with E-state index in [-0.39, 0.29) is 5.91 Å². The van der Waals surface area contributed by atoms with Crippen molar-refractivity contribution in [1.82, 2.24) is 0 Å². The molecule has 2 rings (SSSR count). The fourth-order valence-corrected chi connectivity index (χ4v) is 2.68. The molecule has 6 heteroatoms. The molecule has 0 aromatic heterocycles. The van der Waals surface area contributed by atoms with Crippen molar-refractivity contribution in [2.75, 3.05) is 12.4 Å². The van der Waals surface area contributed by atoms with Gasteiger partial charge in [-0.25, -0.2) is 0 Å². The summed E-state index contributed by atoms with van der Waals surface area (Å²) in [6.07, 6.45) is 0. The summed E-state index contributed by atoms with van der Waals surface area (Å²) < 4.78 is 5.84. The molecule has 0 radical (unpaired) electrons. The Kier molecular flexibility index (Phi) is 4.91. The van der Waals surface area contributed by atoms with E-state index < -0.39 is 0 Å². The van der Waals surface area contributed by atoms with Crippen LogP contribution in [-0.4, -0.2) is 13.0 Å². The molecule has 0 bridgehead atoms. The van der Waals surface area contributed by atoms with Gasteiger partial charge in [0.25, 0.3) is 5.91 Å². The van der Waals surface area contributed by atoms with Crippen LogP contribution in [0, 0.1) is 0 Å². The Bertz CT molecular complexity index is 641. The van der Waals surface area contributed by atoms with E-state index in [1.54, 1.807) is 36.4 Å². The lowest BCUT2D eigenvalue weighted by molar-refractivity contribution is 0.102. The molecule has 0 fully saturated rings. The van der Waals surface area contributed by atoms with E-state index >= 15 is 0 Å². The number of ether oxygens (including phenoxy) is 1. The smallest absolute Gasteiger partial charge is 0.255 e. The van der Waals surface area contributed by atoms with Crippen LogP contribution in [0.3, 0.4) is 0 Å². The second-order valence-corrected chi connectivity index (χ2v) is 5.72. The molecular weight excluding hydrogens is 365 g/mol. The van der Waals surface area contributed by atoms with Crippen LogP contribution in [0.1, 0.15) is 10.4 Å². The molecule has 0 spiro atoms. The fourth-order valence-electron chi connectivity index (χ4n) is 1.63. The van der Waals surface area contributed by atoms with Crippen molar-refractivity contribution >= 4 is 50.7 Å². The van der Waals surface area contributed by atoms with Gasteiger partial charge in [0.05, 0.1) is 12.1 Å². The first-order valence-electron chi connectivity index (χ1n) is 5.60. The van der Waals surface area contributed by atoms with Crippen molar-refractivity contribution in [2.45, 2.75) is 0 Å². The number of anilines is 1. The molecule has 0 atom stereocenters. The number of carbonyl (C=O) groups excluding carboxylic acids is 1. The van der Waals surface area contributed by atoms with Gasteiger partial charge in [0.2, 0.25) is 0 Å². The van der Waals surface area contributed by atoms with Crippen LogP contribution in [-0.2, 0) is 0 Å². The molecule has 0 aliphatic carbocycles. The highest BCUT2D eigenvalue weighted by Gasteiger charge is 2.09. The number of hydrogen-bond acceptors (Lipinski definition) is 2. The summed E-state index contributed by atoms with van der Waals surface area (Å²) in [7, 11) is 1.51. The maximum Gasteiger partial charge on any atom is 0.255 e. The fraction of sp³-hybridized carbons (Fsp3) is 0.0714. The molecule has 2 aromatic rings. The first-order chi connectivity index (χ1) is 9.49. The lowest BCUT2D eigenvalue weighted by atomic mass is 10.2. The molecular formula is C14H10BrCl2NO2. The van der Waals surface area contributed by atoms with Gasteiger partial charge in [0.1, 0.15) is 5.75 Å². The van der Waals surface area contributed by atoms with Gasteiger partial charge in [0.15, 0.2) is 0 Å². The Morgan fingerprint density at radius 2 is 1.95 bits per heavy atom. The highest BCUT2D eigenvalue weighted by Crippen LogP contribution is 2.28. The van der Waals surface area contributed by atoms with E-state index in [9.17, 15) is 4.79 Å². The molecule has 0 saturated carbocycles. The summed E-state index contributed by atoms with van der Waals surface area (Å²) in [6.45, 7) is 0. The molecule has 1 N–H and O–H groups in total. The highest BCUT2D eigenvalue weighted by atomic mass is 79.9. The Hall–Kier alpha value is -1.23. The summed E-state index contributed by atoms with van der Waals surface area (Å²) in [5.74, 6) is 0.231. The second kappa shape index (κ2) is 6.48. The monoisotopic (exact) mass is 373 g/mol. The highest BCUT2D eigenvalue weighted by molar-refractivity contribution is 9.10. The number of carbonyl (C=O) groups is 1. The molecule has 2 aromatic carbocycles. The number of amides is 1. The van der Waals surface area contributed by atoms with Crippen LogP contribution >= 0.6 is 39.1 Å². The van der Waals surface area contributed by atoms with Gasteiger partial charge >= 0.3 is 0 Å². The van der Waals surface area contributed by atoms with Crippen molar-refractivity contribution in [3.05, 3.63) is 56.5 Å². The third-order valence-electron chi connectivity index (χ3n) is 2.53. The maximum atomic E-state index is 12.1. The molecule has 104 valence electrons. The van der Waals surface area contributed by atoms with Gasteiger partial charge in [0, 0.05) is 26.8 Å². The number of rotatable bonds is 3. The molecule has 0 heterocycles. The first-order valence-corrected chi connectivity index (χ1v) is 7.15. The van der Waals surface area contributed by atoms with Crippen molar-refractivity contribution < 1.29 is 9.53 Å². The molecule has 0 unspecified atom stereocenters. The summed E-state index contributed by atoms with van der Waals surface area (Å²) in [4.78, 5) is 12.1. The lowest BCUT2D eigenvalue weighted by Crippen LogP contribution is -2.12. The minimum atomic E-state index is -0.266. The number of methoxy groups -OCH3 is 1. The summed E-state index contributed by atoms with van der Waals surface area (Å²) >= 11 is 15.1. The standard InChI is InChI=1S/C14H10BrCl2NO2/c1-20-13-7-11(2-3-12(13)17)18-14(19)8-4-9(15)6-10(16)5-8/h2-7H,1H3,(H,18,19). The van der Waals surface area contributed by atoms with Gasteiger partial charge in [-0.15, -0.1) is 0 Å². The van der Waals surface area contributed by atoms with Crippen LogP contribution in [0.25, 0.3) is 0 Å². The number of nitrogens with one attached hydrogen (secondary N) is 1. The van der Waals surface area contributed by atoms with Crippen molar-refractivity contribution in [1.29, 1.82) is 0 Å². The largest absolute Gasteiger partial charge is 0.495 e. The van der Waals surface area contributed by atoms with Gasteiger partial charge in [-0.1, -0.05) is 39.1 Å². The molecule has 0 aliphatic heterocycles. The summed E-state index contributed by atoms with van der Waals surface area (Å²) in [5, 5.41) is 3.72. The Balaban J connectivity index is 2.23. The zero-order chi connectivity index (χ0) is 14.7. The van der Waals surface area contributed by atoms with Crippen molar-refractivity contribution in [3.8, 4) is 5.75 Å². The van der Waals surface area contributed by atoms with Gasteiger partial charge in [-0.2, -0.15) is 0 Å². The van der Waals surface area contributed by atoms with Crippen LogP contribution in [0.15, 0.2) is 40.9 Å². The Morgan fingerprint density at radius 1 is 1.20 bits per heavy atom. The summed E-state index contributed by atoms with van der Waals surface area (Å²) in [6, 6.07) is 10.00. The van der Waals surface area contributed by atoms with Crippen molar-refractivity contribution in [3.63, 3.8) is 0 Å². The zero-order valence-corrected chi connectivity index (χ0v) is 13.5. The van der Waals surface area contributed by atoms with E-state index in [0.717, 1.165) is 4.47 Å². The van der Waals surface area contributed by atoms with E-state index in [0.29, 0.717) is 27.0 Å². The predicted octanol–water partition coefficient (Wildman–Crippen LogP) is 5.02. The molecule has 0 saturated heterocycles. The number of hydrogen-bond donors (Lipinski definition) is 1. The van der Waals surface area contributed by atoms with Crippen LogP contribution in [0.4, 0.5) is 5.69 Å². The van der Waals surface area contributed by atoms with Crippen LogP contribution in [0.5, 0.6) is 5.75 Å². The average Bonchev–Trinajstić information content (AvgIpc) is 2.39. The zero-order valence-electron chi connectivity index (χ0n) is 10.4. The third-order valence-corrected chi connectivity index (χ3v) is 3.52. The second-order valence-electron chi connectivity index (χ2n) is 3.96. The SMILES string of the molecule is COc1cc(NC(=O)c2cc(Cl)cc(Br)c2)ccc1Cl. The normalized spacial score (nSPS) is 10.2. The summed E-state index contributed by atoms with van der Waals surface area (Å²) in [5.41, 5.74) is 1.05. The van der Waals surface area contributed by atoms with E-state index in [2.05, 4.69) is 21.2 Å². The van der Waals surface area contributed by atoms with E-state index in [1.165, 1.54) is 7.11 Å². The minimum absolute atomic E-state index is 0.266. The Morgan fingerprint density at radius 3 is 2.60 bits per heavy atom. The van der Waals surface area contributed by atoms with Crippen LogP contribution in [0.2, 0.25) is 10.0 Å². The average molecular weight is 375 g/mol. The quantitative estimate of drug-likeness (QED) is 0.819.